The van der Waals surface area contributed by atoms with Crippen LogP contribution >= 0.6 is 23.2 Å². The number of aliphatic hydroxyl groups is 1. The van der Waals surface area contributed by atoms with E-state index in [4.69, 9.17) is 27.8 Å². The quantitative estimate of drug-likeness (QED) is 0.740. The van der Waals surface area contributed by atoms with Crippen molar-refractivity contribution in [3.05, 3.63) is 33.8 Å². The van der Waals surface area contributed by atoms with E-state index in [1.54, 1.807) is 0 Å². The van der Waals surface area contributed by atoms with Crippen LogP contribution in [0.15, 0.2) is 18.2 Å². The Hall–Kier alpha value is -0.370. The molecule has 0 aromatic heterocycles. The summed E-state index contributed by atoms with van der Waals surface area (Å²) in [6.07, 6.45) is -1.19. The Labute approximate surface area is 109 Å². The van der Waals surface area contributed by atoms with Gasteiger partial charge in [0, 0.05) is 15.6 Å². The van der Waals surface area contributed by atoms with Crippen LogP contribution in [0.5, 0.6) is 0 Å². The Morgan fingerprint density at radius 2 is 1.94 bits per heavy atom. The molecule has 0 saturated carbocycles. The van der Waals surface area contributed by atoms with Gasteiger partial charge in [-0.3, -0.25) is 4.55 Å². The molecule has 0 saturated heterocycles. The first-order chi connectivity index (χ1) is 7.70. The summed E-state index contributed by atoms with van der Waals surface area (Å²) in [7, 11) is -4.38. The average Bonchev–Trinajstić information content (AvgIpc) is 2.14. The molecule has 0 aliphatic heterocycles. The van der Waals surface area contributed by atoms with Crippen LogP contribution < -0.4 is 4.72 Å². The second kappa shape index (κ2) is 5.51. The first-order valence-corrected chi connectivity index (χ1v) is 6.78. The largest absolute Gasteiger partial charge is 0.387 e. The van der Waals surface area contributed by atoms with Gasteiger partial charge in [0.1, 0.15) is 0 Å². The molecule has 1 aromatic rings. The third kappa shape index (κ3) is 4.42. The third-order valence-electron chi connectivity index (χ3n) is 2.09. The van der Waals surface area contributed by atoms with Gasteiger partial charge in [-0.25, -0.2) is 0 Å². The summed E-state index contributed by atoms with van der Waals surface area (Å²) >= 11 is 11.5. The maximum Gasteiger partial charge on any atom is 0.333 e. The van der Waals surface area contributed by atoms with Crippen molar-refractivity contribution in [2.75, 3.05) is 0 Å². The predicted molar refractivity (Wildman–Crippen MR) is 65.6 cm³/mol. The van der Waals surface area contributed by atoms with Crippen molar-refractivity contribution in [3.8, 4) is 0 Å². The Kier molecular flexibility index (Phi) is 4.77. The first kappa shape index (κ1) is 14.7. The van der Waals surface area contributed by atoms with Crippen LogP contribution in [0.25, 0.3) is 0 Å². The van der Waals surface area contributed by atoms with Gasteiger partial charge in [-0.15, -0.1) is 0 Å². The van der Waals surface area contributed by atoms with Crippen molar-refractivity contribution in [2.45, 2.75) is 19.1 Å². The van der Waals surface area contributed by atoms with Gasteiger partial charge < -0.3 is 5.11 Å². The summed E-state index contributed by atoms with van der Waals surface area (Å²) in [4.78, 5) is 0. The van der Waals surface area contributed by atoms with E-state index in [9.17, 15) is 13.5 Å². The zero-order chi connectivity index (χ0) is 13.2. The van der Waals surface area contributed by atoms with Gasteiger partial charge in [-0.1, -0.05) is 29.3 Å². The second-order valence-electron chi connectivity index (χ2n) is 3.49. The number of aliphatic hydroxyl groups excluding tert-OH is 1. The van der Waals surface area contributed by atoms with Crippen LogP contribution in [0.4, 0.5) is 0 Å². The van der Waals surface area contributed by atoms with Crippen molar-refractivity contribution in [3.63, 3.8) is 0 Å². The lowest BCUT2D eigenvalue weighted by atomic mass is 10.0. The topological polar surface area (TPSA) is 86.6 Å². The zero-order valence-corrected chi connectivity index (χ0v) is 11.1. The molecule has 0 radical (unpaired) electrons. The van der Waals surface area contributed by atoms with Gasteiger partial charge in [0.15, 0.2) is 0 Å². The fourth-order valence-corrected chi connectivity index (χ4v) is 2.43. The van der Waals surface area contributed by atoms with Crippen molar-refractivity contribution in [1.29, 1.82) is 0 Å². The molecule has 0 amide bonds. The van der Waals surface area contributed by atoms with E-state index in [0.29, 0.717) is 10.6 Å². The molecule has 17 heavy (non-hydrogen) atoms. The smallest absolute Gasteiger partial charge is 0.333 e. The van der Waals surface area contributed by atoms with Gasteiger partial charge in [0.25, 0.3) is 0 Å². The molecule has 8 heteroatoms. The highest BCUT2D eigenvalue weighted by Gasteiger charge is 2.22. The number of benzene rings is 1. The predicted octanol–water partition coefficient (Wildman–Crippen LogP) is 1.81. The molecule has 5 nitrogen and oxygen atoms in total. The second-order valence-corrected chi connectivity index (χ2v) is 5.52. The summed E-state index contributed by atoms with van der Waals surface area (Å²) in [5.41, 5.74) is 0.319. The molecule has 0 aliphatic rings. The average molecular weight is 300 g/mol. The summed E-state index contributed by atoms with van der Waals surface area (Å²) in [5.74, 6) is 0. The van der Waals surface area contributed by atoms with Crippen LogP contribution in [0.2, 0.25) is 10.0 Å². The van der Waals surface area contributed by atoms with Crippen LogP contribution in [-0.4, -0.2) is 24.1 Å². The number of hydrogen-bond acceptors (Lipinski definition) is 3. The highest BCUT2D eigenvalue weighted by molar-refractivity contribution is 7.83. The van der Waals surface area contributed by atoms with Gasteiger partial charge in [-0.05, 0) is 19.1 Å². The van der Waals surface area contributed by atoms with E-state index < -0.39 is 22.4 Å². The fraction of sp³-hybridized carbons (Fsp3) is 0.333. The fourth-order valence-electron chi connectivity index (χ4n) is 1.31. The van der Waals surface area contributed by atoms with Crippen LogP contribution in [0.3, 0.4) is 0 Å². The maximum atomic E-state index is 10.6. The van der Waals surface area contributed by atoms with Crippen molar-refractivity contribution >= 4 is 33.5 Å². The van der Waals surface area contributed by atoms with E-state index in [-0.39, 0.29) is 5.02 Å². The number of hydrogen-bond donors (Lipinski definition) is 3. The summed E-state index contributed by atoms with van der Waals surface area (Å²) in [6, 6.07) is 3.51. The minimum Gasteiger partial charge on any atom is -0.387 e. The Bertz CT molecular complexity index is 506. The highest BCUT2D eigenvalue weighted by Crippen LogP contribution is 2.28. The van der Waals surface area contributed by atoms with E-state index in [0.717, 1.165) is 0 Å². The first-order valence-electron chi connectivity index (χ1n) is 4.58. The summed E-state index contributed by atoms with van der Waals surface area (Å²) in [6.45, 7) is 1.39. The minimum absolute atomic E-state index is 0.217. The molecule has 2 atom stereocenters. The molecule has 0 fully saturated rings. The molecule has 0 spiro atoms. The summed E-state index contributed by atoms with van der Waals surface area (Å²) in [5, 5.41) is 10.5. The zero-order valence-electron chi connectivity index (χ0n) is 8.76. The SMILES string of the molecule is C[C@@H](NS(=O)(=O)O)[C@H](O)c1ccc(Cl)cc1Cl. The van der Waals surface area contributed by atoms with Crippen molar-refractivity contribution < 1.29 is 18.1 Å². The Balaban J connectivity index is 2.92. The Morgan fingerprint density at radius 1 is 1.35 bits per heavy atom. The van der Waals surface area contributed by atoms with Crippen molar-refractivity contribution in [1.82, 2.24) is 4.72 Å². The molecular formula is C9H11Cl2NO4S. The maximum absolute atomic E-state index is 10.6. The molecule has 0 bridgehead atoms. The molecule has 96 valence electrons. The molecule has 1 aromatic carbocycles. The minimum atomic E-state index is -4.38. The lowest BCUT2D eigenvalue weighted by Crippen LogP contribution is -2.36. The van der Waals surface area contributed by atoms with Gasteiger partial charge in [0.05, 0.1) is 12.1 Å². The van der Waals surface area contributed by atoms with Crippen LogP contribution in [0, 0.1) is 0 Å². The van der Waals surface area contributed by atoms with Crippen LogP contribution in [-0.2, 0) is 10.3 Å². The Morgan fingerprint density at radius 3 is 2.41 bits per heavy atom. The highest BCUT2D eigenvalue weighted by atomic mass is 35.5. The van der Waals surface area contributed by atoms with E-state index >= 15 is 0 Å². The monoisotopic (exact) mass is 299 g/mol. The number of rotatable bonds is 4. The standard InChI is InChI=1S/C9H11Cl2NO4S/c1-5(12-17(14,15)16)9(13)7-3-2-6(10)4-8(7)11/h2-5,9,12-13H,1H3,(H,14,15,16)/t5-,9+/m1/s1. The van der Waals surface area contributed by atoms with Gasteiger partial charge in [-0.2, -0.15) is 13.1 Å². The number of halogens is 2. The molecule has 0 aliphatic carbocycles. The summed E-state index contributed by atoms with van der Waals surface area (Å²) < 4.78 is 31.6. The van der Waals surface area contributed by atoms with Gasteiger partial charge in [0.2, 0.25) is 0 Å². The van der Waals surface area contributed by atoms with E-state index in [1.807, 2.05) is 4.72 Å². The molecule has 0 heterocycles. The van der Waals surface area contributed by atoms with Crippen molar-refractivity contribution in [2.24, 2.45) is 0 Å². The lowest BCUT2D eigenvalue weighted by molar-refractivity contribution is 0.145. The lowest BCUT2D eigenvalue weighted by Gasteiger charge is -2.19. The molecule has 0 unspecified atom stereocenters. The third-order valence-corrected chi connectivity index (χ3v) is 3.32. The van der Waals surface area contributed by atoms with Gasteiger partial charge >= 0.3 is 10.3 Å². The molecule has 1 rings (SSSR count). The number of nitrogens with one attached hydrogen (secondary N) is 1. The van der Waals surface area contributed by atoms with E-state index in [1.165, 1.54) is 25.1 Å². The van der Waals surface area contributed by atoms with Crippen LogP contribution in [0.1, 0.15) is 18.6 Å². The normalized spacial score (nSPS) is 15.6. The van der Waals surface area contributed by atoms with E-state index in [2.05, 4.69) is 0 Å². The molecular weight excluding hydrogens is 289 g/mol. The molecule has 3 N–H and O–H groups in total.